The summed E-state index contributed by atoms with van der Waals surface area (Å²) in [5.74, 6) is 0.745. The van der Waals surface area contributed by atoms with E-state index in [9.17, 15) is 4.79 Å². The van der Waals surface area contributed by atoms with E-state index >= 15 is 0 Å². The van der Waals surface area contributed by atoms with Crippen LogP contribution in [0.4, 0.5) is 0 Å². The number of benzene rings is 2. The lowest BCUT2D eigenvalue weighted by Gasteiger charge is -2.31. The number of hydrogen-bond donors (Lipinski definition) is 0. The number of methoxy groups -OCH3 is 1. The van der Waals surface area contributed by atoms with Crippen molar-refractivity contribution in [1.29, 1.82) is 0 Å². The molecule has 1 aliphatic rings. The number of aromatic nitrogens is 1. The van der Waals surface area contributed by atoms with Crippen molar-refractivity contribution in [1.82, 2.24) is 9.88 Å². The molecule has 0 radical (unpaired) electrons. The van der Waals surface area contributed by atoms with Crippen molar-refractivity contribution in [2.45, 2.75) is 32.8 Å². The van der Waals surface area contributed by atoms with E-state index in [1.54, 1.807) is 24.5 Å². The first-order valence-corrected chi connectivity index (χ1v) is 10.3. The van der Waals surface area contributed by atoms with Crippen LogP contribution in [0.15, 0.2) is 36.4 Å². The number of likely N-dealkylation sites (tertiary alicyclic amines) is 1. The fourth-order valence-corrected chi connectivity index (χ4v) is 4.58. The summed E-state index contributed by atoms with van der Waals surface area (Å²) in [7, 11) is 1.61. The van der Waals surface area contributed by atoms with Crippen LogP contribution in [0.5, 0.6) is 10.9 Å². The molecule has 1 aromatic heterocycles. The van der Waals surface area contributed by atoms with Crippen molar-refractivity contribution in [3.63, 3.8) is 0 Å². The van der Waals surface area contributed by atoms with Gasteiger partial charge in [-0.1, -0.05) is 29.5 Å². The summed E-state index contributed by atoms with van der Waals surface area (Å²) in [6, 6.07) is 11.5. The molecule has 1 aliphatic heterocycles. The average molecular weight is 397 g/mol. The maximum absolute atomic E-state index is 12.7. The number of aryl methyl sites for hydroxylation is 2. The molecule has 6 heteroatoms. The van der Waals surface area contributed by atoms with Gasteiger partial charge in [0.2, 0.25) is 0 Å². The summed E-state index contributed by atoms with van der Waals surface area (Å²) in [5.41, 5.74) is 4.10. The lowest BCUT2D eigenvalue weighted by atomic mass is 10.1. The standard InChI is InChI=1S/C22H24N2O3S/c1-14-7-8-15(2)20-19(14)23-22(28-20)27-17-9-11-24(12-10-17)21(25)16-5-4-6-18(13-16)26-3/h4-8,13,17H,9-12H2,1-3H3. The van der Waals surface area contributed by atoms with Crippen LogP contribution >= 0.6 is 11.3 Å². The smallest absolute Gasteiger partial charge is 0.274 e. The Kier molecular flexibility index (Phi) is 5.22. The molecule has 0 atom stereocenters. The second-order valence-electron chi connectivity index (χ2n) is 7.20. The van der Waals surface area contributed by atoms with E-state index in [1.165, 1.54) is 15.8 Å². The maximum atomic E-state index is 12.7. The molecule has 0 bridgehead atoms. The van der Waals surface area contributed by atoms with Gasteiger partial charge in [0, 0.05) is 31.5 Å². The number of amides is 1. The van der Waals surface area contributed by atoms with Gasteiger partial charge in [0.15, 0.2) is 0 Å². The van der Waals surface area contributed by atoms with Crippen LogP contribution in [0.3, 0.4) is 0 Å². The molecule has 2 heterocycles. The predicted octanol–water partition coefficient (Wildman–Crippen LogP) is 4.61. The van der Waals surface area contributed by atoms with E-state index < -0.39 is 0 Å². The minimum absolute atomic E-state index is 0.0450. The second kappa shape index (κ2) is 7.80. The fourth-order valence-electron chi connectivity index (χ4n) is 3.55. The van der Waals surface area contributed by atoms with Gasteiger partial charge < -0.3 is 14.4 Å². The van der Waals surface area contributed by atoms with Crippen molar-refractivity contribution in [2.24, 2.45) is 0 Å². The summed E-state index contributed by atoms with van der Waals surface area (Å²) in [4.78, 5) is 19.3. The Morgan fingerprint density at radius 1 is 1.14 bits per heavy atom. The van der Waals surface area contributed by atoms with Crippen molar-refractivity contribution in [3.05, 3.63) is 53.1 Å². The van der Waals surface area contributed by atoms with Crippen molar-refractivity contribution < 1.29 is 14.3 Å². The van der Waals surface area contributed by atoms with Gasteiger partial charge in [0.1, 0.15) is 11.9 Å². The van der Waals surface area contributed by atoms with Crippen LogP contribution < -0.4 is 9.47 Å². The Morgan fingerprint density at radius 2 is 1.89 bits per heavy atom. The van der Waals surface area contributed by atoms with Crippen LogP contribution in [0, 0.1) is 13.8 Å². The molecule has 3 aromatic rings. The minimum atomic E-state index is 0.0450. The van der Waals surface area contributed by atoms with Crippen LogP contribution in [0.1, 0.15) is 34.3 Å². The highest BCUT2D eigenvalue weighted by Gasteiger charge is 2.26. The van der Waals surface area contributed by atoms with Gasteiger partial charge in [-0.05, 0) is 43.2 Å². The lowest BCUT2D eigenvalue weighted by Crippen LogP contribution is -2.41. The van der Waals surface area contributed by atoms with Gasteiger partial charge in [-0.15, -0.1) is 0 Å². The molecular formula is C22H24N2O3S. The fraction of sp³-hybridized carbons (Fsp3) is 0.364. The number of rotatable bonds is 4. The van der Waals surface area contributed by atoms with Crippen molar-refractivity contribution >= 4 is 27.5 Å². The maximum Gasteiger partial charge on any atom is 0.274 e. The number of fused-ring (bicyclic) bond motifs is 1. The van der Waals surface area contributed by atoms with Gasteiger partial charge in [0.25, 0.3) is 11.1 Å². The molecule has 0 saturated carbocycles. The first-order valence-electron chi connectivity index (χ1n) is 9.52. The first kappa shape index (κ1) is 18.7. The van der Waals surface area contributed by atoms with Crippen LogP contribution in [0.2, 0.25) is 0 Å². The van der Waals surface area contributed by atoms with E-state index in [0.717, 1.165) is 23.6 Å². The van der Waals surface area contributed by atoms with Crippen LogP contribution in [-0.2, 0) is 0 Å². The molecule has 0 aliphatic carbocycles. The molecule has 2 aromatic carbocycles. The van der Waals surface area contributed by atoms with Crippen molar-refractivity contribution in [3.8, 4) is 10.9 Å². The molecule has 1 amide bonds. The summed E-state index contributed by atoms with van der Waals surface area (Å²) >= 11 is 1.61. The molecule has 146 valence electrons. The first-order chi connectivity index (χ1) is 13.5. The number of carbonyl (C=O) groups excluding carboxylic acids is 1. The van der Waals surface area contributed by atoms with E-state index in [0.29, 0.717) is 24.4 Å². The molecule has 0 unspecified atom stereocenters. The van der Waals surface area contributed by atoms with Gasteiger partial charge >= 0.3 is 0 Å². The Labute approximate surface area is 168 Å². The van der Waals surface area contributed by atoms with E-state index in [4.69, 9.17) is 9.47 Å². The quantitative estimate of drug-likeness (QED) is 0.646. The van der Waals surface area contributed by atoms with Gasteiger partial charge in [-0.25, -0.2) is 4.98 Å². The third kappa shape index (κ3) is 3.69. The third-order valence-electron chi connectivity index (χ3n) is 5.24. The summed E-state index contributed by atoms with van der Waals surface area (Å²) < 4.78 is 12.6. The number of thiazole rings is 1. The number of piperidine rings is 1. The second-order valence-corrected chi connectivity index (χ2v) is 8.16. The largest absolute Gasteiger partial charge is 0.497 e. The number of hydrogen-bond acceptors (Lipinski definition) is 5. The zero-order valence-electron chi connectivity index (χ0n) is 16.4. The van der Waals surface area contributed by atoms with Crippen molar-refractivity contribution in [2.75, 3.05) is 20.2 Å². The highest BCUT2D eigenvalue weighted by Crippen LogP contribution is 2.33. The summed E-state index contributed by atoms with van der Waals surface area (Å²) in [6.07, 6.45) is 1.71. The van der Waals surface area contributed by atoms with E-state index in [2.05, 4.69) is 31.0 Å². The Morgan fingerprint density at radius 3 is 2.61 bits per heavy atom. The molecular weight excluding hydrogens is 372 g/mol. The molecule has 1 fully saturated rings. The number of ether oxygens (including phenoxy) is 2. The monoisotopic (exact) mass is 396 g/mol. The van der Waals surface area contributed by atoms with Gasteiger partial charge in [-0.3, -0.25) is 4.79 Å². The zero-order valence-corrected chi connectivity index (χ0v) is 17.2. The predicted molar refractivity (Wildman–Crippen MR) is 112 cm³/mol. The number of nitrogens with zero attached hydrogens (tertiary/aromatic N) is 2. The Hall–Kier alpha value is -2.60. The van der Waals surface area contributed by atoms with E-state index in [1.807, 2.05) is 23.1 Å². The molecule has 28 heavy (non-hydrogen) atoms. The minimum Gasteiger partial charge on any atom is -0.497 e. The normalized spacial score (nSPS) is 15.0. The zero-order chi connectivity index (χ0) is 19.7. The lowest BCUT2D eigenvalue weighted by molar-refractivity contribution is 0.0595. The molecule has 0 N–H and O–H groups in total. The average Bonchev–Trinajstić information content (AvgIpc) is 3.16. The molecule has 4 rings (SSSR count). The van der Waals surface area contributed by atoms with Crippen LogP contribution in [0.25, 0.3) is 10.2 Å². The van der Waals surface area contributed by atoms with Gasteiger partial charge in [0.05, 0.1) is 17.3 Å². The molecule has 0 spiro atoms. The summed E-state index contributed by atoms with van der Waals surface area (Å²) in [6.45, 7) is 5.55. The third-order valence-corrected chi connectivity index (χ3v) is 6.32. The molecule has 5 nitrogen and oxygen atoms in total. The summed E-state index contributed by atoms with van der Waals surface area (Å²) in [5, 5.41) is 0.727. The SMILES string of the molecule is COc1cccc(C(=O)N2CCC(Oc3nc4c(C)ccc(C)c4s3)CC2)c1. The Bertz CT molecular complexity index is 967. The van der Waals surface area contributed by atoms with E-state index in [-0.39, 0.29) is 12.0 Å². The highest BCUT2D eigenvalue weighted by atomic mass is 32.1. The number of carbonyl (C=O) groups is 1. The topological polar surface area (TPSA) is 51.7 Å². The molecule has 1 saturated heterocycles. The van der Waals surface area contributed by atoms with Gasteiger partial charge in [-0.2, -0.15) is 0 Å². The van der Waals surface area contributed by atoms with Crippen LogP contribution in [-0.4, -0.2) is 42.1 Å². The highest BCUT2D eigenvalue weighted by molar-refractivity contribution is 7.20. The Balaban J connectivity index is 1.40.